The molecule has 40 heavy (non-hydrogen) atoms. The minimum Gasteiger partial charge on any atom is -0.332 e. The molecule has 0 aromatic carbocycles. The van der Waals surface area contributed by atoms with E-state index in [0.717, 1.165) is 60.2 Å². The van der Waals surface area contributed by atoms with Crippen molar-refractivity contribution in [2.24, 2.45) is 11.8 Å². The predicted molar refractivity (Wildman–Crippen MR) is 149 cm³/mol. The maximum absolute atomic E-state index is 11.8. The zero-order valence-corrected chi connectivity index (χ0v) is 22.8. The van der Waals surface area contributed by atoms with Crippen LogP contribution in [0.5, 0.6) is 0 Å². The van der Waals surface area contributed by atoms with Gasteiger partial charge in [0.25, 0.3) is 0 Å². The number of halogens is 1. The van der Waals surface area contributed by atoms with Gasteiger partial charge in [0, 0.05) is 31.0 Å². The second kappa shape index (κ2) is 10.2. The zero-order valence-electron chi connectivity index (χ0n) is 22.0. The second-order valence-electron chi connectivity index (χ2n) is 10.9. The molecule has 0 bridgehead atoms. The standard InChI is InChI=1S/C27H29ClN10O2/c1-15-4-6-16(7-5-15)13-38-23-19(33-26(38)37-8-2-3-21(37)25-30-14-31-35-25)10-20(24-34-27(39)40-36-24)32-22(23)17-9-18(28)12-29-11-17/h9-12,14-16,21H,2-8,13H2,1H3,(H,30,31,35)(H,34,36,39). The SMILES string of the molecule is CC1CCC(Cn2c(N3CCCC3c3ncn[nH]3)nc3cc(-c4noc(=O)[nH]4)nc(-c4cncc(Cl)c4)c32)CC1. The first-order chi connectivity index (χ1) is 19.5. The van der Waals surface area contributed by atoms with Crippen LogP contribution in [0.1, 0.15) is 57.3 Å². The van der Waals surface area contributed by atoms with Gasteiger partial charge in [-0.25, -0.2) is 19.7 Å². The highest BCUT2D eigenvalue weighted by Crippen LogP contribution is 2.40. The number of hydrogen-bond acceptors (Lipinski definition) is 9. The summed E-state index contributed by atoms with van der Waals surface area (Å²) in [5.74, 6) is 2.58. The molecule has 0 amide bonds. The van der Waals surface area contributed by atoms with Gasteiger partial charge in [-0.3, -0.25) is 19.6 Å². The van der Waals surface area contributed by atoms with Crippen molar-refractivity contribution < 1.29 is 4.52 Å². The second-order valence-corrected chi connectivity index (χ2v) is 11.4. The van der Waals surface area contributed by atoms with Crippen molar-refractivity contribution in [1.29, 1.82) is 0 Å². The molecule has 13 heteroatoms. The maximum Gasteiger partial charge on any atom is 0.439 e. The van der Waals surface area contributed by atoms with E-state index in [4.69, 9.17) is 26.1 Å². The number of anilines is 1. The van der Waals surface area contributed by atoms with Gasteiger partial charge < -0.3 is 9.47 Å². The Kier molecular flexibility index (Phi) is 6.34. The van der Waals surface area contributed by atoms with Gasteiger partial charge in [-0.1, -0.05) is 36.5 Å². The summed E-state index contributed by atoms with van der Waals surface area (Å²) in [6.45, 7) is 4.01. The molecule has 5 aromatic rings. The van der Waals surface area contributed by atoms with Crippen LogP contribution in [0.4, 0.5) is 5.95 Å². The summed E-state index contributed by atoms with van der Waals surface area (Å²) in [5, 5.41) is 11.6. The summed E-state index contributed by atoms with van der Waals surface area (Å²) in [6.07, 6.45) is 11.7. The van der Waals surface area contributed by atoms with Crippen LogP contribution in [-0.4, -0.2) is 51.4 Å². The highest BCUT2D eigenvalue weighted by molar-refractivity contribution is 6.30. The van der Waals surface area contributed by atoms with Crippen molar-refractivity contribution in [3.63, 3.8) is 0 Å². The largest absolute Gasteiger partial charge is 0.439 e. The van der Waals surface area contributed by atoms with Crippen molar-refractivity contribution in [2.75, 3.05) is 11.4 Å². The molecule has 1 atom stereocenters. The summed E-state index contributed by atoms with van der Waals surface area (Å²) in [4.78, 5) is 35.7. The molecular weight excluding hydrogens is 532 g/mol. The van der Waals surface area contributed by atoms with E-state index in [9.17, 15) is 4.79 Å². The number of H-pyrrole nitrogens is 2. The number of fused-ring (bicyclic) bond motifs is 1. The lowest BCUT2D eigenvalue weighted by Crippen LogP contribution is -2.28. The molecule has 0 radical (unpaired) electrons. The van der Waals surface area contributed by atoms with E-state index >= 15 is 0 Å². The number of imidazole rings is 1. The third-order valence-corrected chi connectivity index (χ3v) is 8.41. The van der Waals surface area contributed by atoms with Gasteiger partial charge in [-0.15, -0.1) is 0 Å². The molecule has 206 valence electrons. The molecule has 1 aliphatic carbocycles. The lowest BCUT2D eigenvalue weighted by Gasteiger charge is -2.30. The minimum absolute atomic E-state index is 0.0417. The van der Waals surface area contributed by atoms with Crippen LogP contribution < -0.4 is 10.7 Å². The van der Waals surface area contributed by atoms with Crippen molar-refractivity contribution in [2.45, 2.75) is 58.0 Å². The molecule has 6 heterocycles. The fraction of sp³-hybridized carbons (Fsp3) is 0.444. The molecule has 2 N–H and O–H groups in total. The quantitative estimate of drug-likeness (QED) is 0.299. The molecule has 1 aliphatic heterocycles. The van der Waals surface area contributed by atoms with E-state index < -0.39 is 5.76 Å². The zero-order chi connectivity index (χ0) is 27.2. The van der Waals surface area contributed by atoms with E-state index in [1.165, 1.54) is 25.7 Å². The van der Waals surface area contributed by atoms with E-state index in [1.54, 1.807) is 18.7 Å². The minimum atomic E-state index is -0.646. The van der Waals surface area contributed by atoms with Gasteiger partial charge >= 0.3 is 5.76 Å². The Morgan fingerprint density at radius 2 is 2.00 bits per heavy atom. The molecule has 7 rings (SSSR count). The highest BCUT2D eigenvalue weighted by atomic mass is 35.5. The van der Waals surface area contributed by atoms with E-state index in [2.05, 4.69) is 46.7 Å². The summed E-state index contributed by atoms with van der Waals surface area (Å²) in [7, 11) is 0. The summed E-state index contributed by atoms with van der Waals surface area (Å²) < 4.78 is 7.11. The average molecular weight is 561 g/mol. The van der Waals surface area contributed by atoms with Crippen molar-refractivity contribution in [1.82, 2.24) is 44.8 Å². The molecule has 2 fully saturated rings. The van der Waals surface area contributed by atoms with Crippen molar-refractivity contribution in [3.8, 4) is 22.8 Å². The first-order valence-corrected chi connectivity index (χ1v) is 14.1. The Labute approximate surface area is 234 Å². The third-order valence-electron chi connectivity index (χ3n) is 8.20. The van der Waals surface area contributed by atoms with Gasteiger partial charge in [0.2, 0.25) is 11.8 Å². The normalized spacial score (nSPS) is 21.4. The highest BCUT2D eigenvalue weighted by Gasteiger charge is 2.34. The van der Waals surface area contributed by atoms with E-state index in [1.807, 2.05) is 12.1 Å². The van der Waals surface area contributed by atoms with Gasteiger partial charge in [0.1, 0.15) is 17.8 Å². The van der Waals surface area contributed by atoms with Crippen LogP contribution in [0.2, 0.25) is 5.02 Å². The Morgan fingerprint density at radius 3 is 2.75 bits per heavy atom. The summed E-state index contributed by atoms with van der Waals surface area (Å²) in [5.41, 5.74) is 3.51. The molecule has 1 unspecified atom stereocenters. The van der Waals surface area contributed by atoms with Gasteiger partial charge in [0.15, 0.2) is 0 Å². The topological polar surface area (TPSA) is 147 Å². The van der Waals surface area contributed by atoms with Gasteiger partial charge in [-0.2, -0.15) is 5.10 Å². The Hall–Kier alpha value is -4.06. The number of aromatic amines is 2. The first kappa shape index (κ1) is 24.9. The molecule has 2 aliphatic rings. The molecular formula is C27H29ClN10O2. The average Bonchev–Trinajstić information content (AvgIpc) is 3.76. The van der Waals surface area contributed by atoms with E-state index in [0.29, 0.717) is 22.3 Å². The summed E-state index contributed by atoms with van der Waals surface area (Å²) in [6, 6.07) is 3.74. The Balaban J connectivity index is 1.45. The number of pyridine rings is 2. The van der Waals surface area contributed by atoms with Gasteiger partial charge in [0.05, 0.1) is 27.8 Å². The van der Waals surface area contributed by atoms with E-state index in [-0.39, 0.29) is 11.9 Å². The molecule has 1 saturated carbocycles. The lowest BCUT2D eigenvalue weighted by atomic mass is 9.83. The Bertz CT molecular complexity index is 1700. The number of nitrogens with zero attached hydrogens (tertiary/aromatic N) is 8. The van der Waals surface area contributed by atoms with Crippen molar-refractivity contribution >= 4 is 28.6 Å². The van der Waals surface area contributed by atoms with Crippen LogP contribution in [0.25, 0.3) is 33.8 Å². The van der Waals surface area contributed by atoms with Crippen LogP contribution in [0, 0.1) is 11.8 Å². The summed E-state index contributed by atoms with van der Waals surface area (Å²) >= 11 is 6.39. The smallest absolute Gasteiger partial charge is 0.332 e. The number of aromatic nitrogens is 9. The molecule has 0 spiro atoms. The molecule has 5 aromatic heterocycles. The van der Waals surface area contributed by atoms with Crippen molar-refractivity contribution in [3.05, 3.63) is 52.3 Å². The fourth-order valence-electron chi connectivity index (χ4n) is 6.18. The number of rotatable bonds is 6. The third kappa shape index (κ3) is 4.55. The Morgan fingerprint density at radius 1 is 1.12 bits per heavy atom. The number of hydrogen-bond donors (Lipinski definition) is 2. The van der Waals surface area contributed by atoms with Crippen LogP contribution in [-0.2, 0) is 6.54 Å². The number of nitrogens with one attached hydrogen (secondary N) is 2. The van der Waals surface area contributed by atoms with Crippen LogP contribution in [0.3, 0.4) is 0 Å². The monoisotopic (exact) mass is 560 g/mol. The predicted octanol–water partition coefficient (Wildman–Crippen LogP) is 4.78. The fourth-order valence-corrected chi connectivity index (χ4v) is 6.35. The maximum atomic E-state index is 11.8. The first-order valence-electron chi connectivity index (χ1n) is 13.7. The van der Waals surface area contributed by atoms with Crippen LogP contribution >= 0.6 is 11.6 Å². The lowest BCUT2D eigenvalue weighted by molar-refractivity contribution is 0.266. The van der Waals surface area contributed by atoms with Crippen LogP contribution in [0.15, 0.2) is 40.2 Å². The molecule has 12 nitrogen and oxygen atoms in total. The molecule has 1 saturated heterocycles. The van der Waals surface area contributed by atoms with Gasteiger partial charge in [-0.05, 0) is 49.7 Å².